The van der Waals surface area contributed by atoms with E-state index in [2.05, 4.69) is 22.0 Å². The lowest BCUT2D eigenvalue weighted by atomic mass is 9.88. The maximum atomic E-state index is 13.2. The summed E-state index contributed by atoms with van der Waals surface area (Å²) in [5, 5.41) is 3.58. The Morgan fingerprint density at radius 2 is 1.87 bits per heavy atom. The van der Waals surface area contributed by atoms with Gasteiger partial charge >= 0.3 is 0 Å². The molecule has 3 N–H and O–H groups in total. The lowest BCUT2D eigenvalue weighted by Gasteiger charge is -2.38. The van der Waals surface area contributed by atoms with Gasteiger partial charge in [-0.1, -0.05) is 6.92 Å². The normalized spacial score (nSPS) is 20.2. The van der Waals surface area contributed by atoms with E-state index in [-0.39, 0.29) is 17.8 Å². The number of piperazine rings is 1. The molecule has 0 radical (unpaired) electrons. The van der Waals surface area contributed by atoms with Gasteiger partial charge in [-0.15, -0.1) is 11.3 Å². The number of nitrogens with two attached hydrogens (primary N) is 1. The molecule has 1 fully saturated rings. The first-order chi connectivity index (χ1) is 14.8. The van der Waals surface area contributed by atoms with Gasteiger partial charge in [0.1, 0.15) is 10.8 Å². The summed E-state index contributed by atoms with van der Waals surface area (Å²) >= 11 is 1.50. The molecule has 0 spiro atoms. The molecule has 0 bridgehead atoms. The van der Waals surface area contributed by atoms with Crippen LogP contribution in [0.15, 0.2) is 24.3 Å². The van der Waals surface area contributed by atoms with Crippen molar-refractivity contribution in [2.45, 2.75) is 39.2 Å². The number of halogens is 1. The fourth-order valence-electron chi connectivity index (χ4n) is 4.50. The Kier molecular flexibility index (Phi) is 6.29. The maximum absolute atomic E-state index is 13.2. The monoisotopic (exact) mass is 444 g/mol. The molecular weight excluding hydrogens is 415 g/mol. The van der Waals surface area contributed by atoms with Crippen molar-refractivity contribution in [3.63, 3.8) is 0 Å². The number of carbonyl (C=O) groups excluding carboxylic acids is 2. The summed E-state index contributed by atoms with van der Waals surface area (Å²) in [6.45, 7) is 7.09. The molecule has 4 rings (SSSR count). The molecule has 2 unspecified atom stereocenters. The number of rotatable bonds is 5. The van der Waals surface area contributed by atoms with Crippen LogP contribution in [-0.2, 0) is 17.6 Å². The lowest BCUT2D eigenvalue weighted by molar-refractivity contribution is -0.120. The fraction of sp³-hybridized carbons (Fsp3) is 0.478. The summed E-state index contributed by atoms with van der Waals surface area (Å²) in [4.78, 5) is 30.6. The van der Waals surface area contributed by atoms with Crippen LogP contribution in [0, 0.1) is 11.7 Å². The van der Waals surface area contributed by atoms with Gasteiger partial charge in [-0.05, 0) is 61.9 Å². The molecule has 2 atom stereocenters. The van der Waals surface area contributed by atoms with Crippen LogP contribution < -0.4 is 16.0 Å². The average Bonchev–Trinajstić information content (AvgIpc) is 3.10. The molecule has 0 saturated carbocycles. The van der Waals surface area contributed by atoms with E-state index >= 15 is 0 Å². The number of anilines is 2. The second-order valence-electron chi connectivity index (χ2n) is 8.58. The van der Waals surface area contributed by atoms with Crippen molar-refractivity contribution in [3.8, 4) is 0 Å². The second kappa shape index (κ2) is 8.96. The molecule has 1 aliphatic carbocycles. The molecule has 2 aliphatic rings. The first-order valence-corrected chi connectivity index (χ1v) is 11.6. The van der Waals surface area contributed by atoms with E-state index in [0.717, 1.165) is 56.7 Å². The van der Waals surface area contributed by atoms with E-state index < -0.39 is 5.91 Å². The fourth-order valence-corrected chi connectivity index (χ4v) is 5.92. The highest BCUT2D eigenvalue weighted by molar-refractivity contribution is 7.17. The lowest BCUT2D eigenvalue weighted by Crippen LogP contribution is -2.52. The molecule has 1 aromatic heterocycles. The van der Waals surface area contributed by atoms with E-state index in [1.54, 1.807) is 12.1 Å². The van der Waals surface area contributed by atoms with Crippen LogP contribution in [0.4, 0.5) is 15.1 Å². The Morgan fingerprint density at radius 1 is 1.19 bits per heavy atom. The van der Waals surface area contributed by atoms with E-state index in [1.165, 1.54) is 28.3 Å². The van der Waals surface area contributed by atoms with Gasteiger partial charge < -0.3 is 16.0 Å². The molecule has 2 aromatic rings. The van der Waals surface area contributed by atoms with Gasteiger partial charge in [0.2, 0.25) is 5.91 Å². The van der Waals surface area contributed by atoms with Crippen LogP contribution in [0.1, 0.15) is 41.1 Å². The summed E-state index contributed by atoms with van der Waals surface area (Å²) in [5.41, 5.74) is 8.17. The first-order valence-electron chi connectivity index (χ1n) is 10.8. The molecular formula is C23H29FN4O2S. The summed E-state index contributed by atoms with van der Waals surface area (Å²) in [7, 11) is 0. The Morgan fingerprint density at radius 3 is 2.52 bits per heavy atom. The molecule has 8 heteroatoms. The average molecular weight is 445 g/mol. The highest BCUT2D eigenvalue weighted by Gasteiger charge is 2.30. The third-order valence-electron chi connectivity index (χ3n) is 6.43. The number of thiophene rings is 1. The zero-order valence-corrected chi connectivity index (χ0v) is 18.8. The predicted octanol–water partition coefficient (Wildman–Crippen LogP) is 3.26. The Bertz CT molecular complexity index is 967. The molecule has 31 heavy (non-hydrogen) atoms. The van der Waals surface area contributed by atoms with Gasteiger partial charge in [-0.3, -0.25) is 14.5 Å². The predicted molar refractivity (Wildman–Crippen MR) is 122 cm³/mol. The molecule has 2 amide bonds. The van der Waals surface area contributed by atoms with Crippen LogP contribution in [0.3, 0.4) is 0 Å². The summed E-state index contributed by atoms with van der Waals surface area (Å²) in [6, 6.07) is 6.18. The minimum absolute atomic E-state index is 0.121. The van der Waals surface area contributed by atoms with Gasteiger partial charge in [0.15, 0.2) is 0 Å². The van der Waals surface area contributed by atoms with Gasteiger partial charge in [0.25, 0.3) is 5.91 Å². The number of amides is 2. The van der Waals surface area contributed by atoms with Crippen molar-refractivity contribution >= 4 is 33.8 Å². The van der Waals surface area contributed by atoms with E-state index in [4.69, 9.17) is 5.73 Å². The molecule has 2 heterocycles. The molecule has 6 nitrogen and oxygen atoms in total. The van der Waals surface area contributed by atoms with Crippen molar-refractivity contribution in [2.24, 2.45) is 11.7 Å². The third kappa shape index (κ3) is 4.60. The number of hydrogen-bond donors (Lipinski definition) is 2. The SMILES string of the molecule is CC1CCc2c(sc(NC(=O)C(C)N3CCN(c4ccc(F)cc4)CC3)c2C(N)=O)C1. The number of fused-ring (bicyclic) bond motifs is 1. The number of nitrogens with one attached hydrogen (secondary N) is 1. The molecule has 1 aliphatic heterocycles. The van der Waals surface area contributed by atoms with Crippen molar-refractivity contribution < 1.29 is 14.0 Å². The minimum atomic E-state index is -0.470. The number of carbonyl (C=O) groups is 2. The number of hydrogen-bond acceptors (Lipinski definition) is 5. The quantitative estimate of drug-likeness (QED) is 0.742. The van der Waals surface area contributed by atoms with Crippen molar-refractivity contribution in [1.82, 2.24) is 4.90 Å². The van der Waals surface area contributed by atoms with Gasteiger partial charge in [-0.25, -0.2) is 4.39 Å². The largest absolute Gasteiger partial charge is 0.369 e. The molecule has 1 saturated heterocycles. The third-order valence-corrected chi connectivity index (χ3v) is 7.60. The zero-order valence-electron chi connectivity index (χ0n) is 18.0. The van der Waals surface area contributed by atoms with Crippen LogP contribution in [0.25, 0.3) is 0 Å². The summed E-state index contributed by atoms with van der Waals surface area (Å²) in [5.74, 6) is -0.258. The van der Waals surface area contributed by atoms with E-state index in [1.807, 2.05) is 6.92 Å². The standard InChI is InChI=1S/C23H29FN4O2S/c1-14-3-8-18-19(13-14)31-23(20(18)21(25)29)26-22(30)15(2)27-9-11-28(12-10-27)17-6-4-16(24)5-7-17/h4-7,14-15H,3,8-13H2,1-2H3,(H2,25,29)(H,26,30). The van der Waals surface area contributed by atoms with E-state index in [0.29, 0.717) is 16.5 Å². The van der Waals surface area contributed by atoms with Gasteiger partial charge in [0, 0.05) is 36.7 Å². The Labute approximate surface area is 186 Å². The van der Waals surface area contributed by atoms with Crippen LogP contribution >= 0.6 is 11.3 Å². The number of primary amides is 1. The van der Waals surface area contributed by atoms with Crippen molar-refractivity contribution in [1.29, 1.82) is 0 Å². The topological polar surface area (TPSA) is 78.7 Å². The Hall–Kier alpha value is -2.45. The summed E-state index contributed by atoms with van der Waals surface area (Å²) in [6.07, 6.45) is 2.80. The van der Waals surface area contributed by atoms with Crippen LogP contribution in [0.5, 0.6) is 0 Å². The van der Waals surface area contributed by atoms with Gasteiger partial charge in [0.05, 0.1) is 11.6 Å². The molecule has 1 aromatic carbocycles. The van der Waals surface area contributed by atoms with Crippen molar-refractivity contribution in [3.05, 3.63) is 46.1 Å². The second-order valence-corrected chi connectivity index (χ2v) is 9.69. The maximum Gasteiger partial charge on any atom is 0.251 e. The smallest absolute Gasteiger partial charge is 0.251 e. The Balaban J connectivity index is 1.40. The van der Waals surface area contributed by atoms with Crippen LogP contribution in [-0.4, -0.2) is 48.9 Å². The zero-order chi connectivity index (χ0) is 22.1. The van der Waals surface area contributed by atoms with E-state index in [9.17, 15) is 14.0 Å². The van der Waals surface area contributed by atoms with Crippen molar-refractivity contribution in [2.75, 3.05) is 36.4 Å². The first kappa shape index (κ1) is 21.8. The summed E-state index contributed by atoms with van der Waals surface area (Å²) < 4.78 is 13.2. The highest BCUT2D eigenvalue weighted by atomic mass is 32.1. The number of nitrogens with zero attached hydrogens (tertiary/aromatic N) is 2. The highest BCUT2D eigenvalue weighted by Crippen LogP contribution is 2.39. The number of benzene rings is 1. The molecule has 166 valence electrons. The minimum Gasteiger partial charge on any atom is -0.369 e. The van der Waals surface area contributed by atoms with Gasteiger partial charge in [-0.2, -0.15) is 0 Å². The van der Waals surface area contributed by atoms with Crippen LogP contribution in [0.2, 0.25) is 0 Å².